The minimum atomic E-state index is -0.290. The Kier molecular flexibility index (Phi) is 6.67. The van der Waals surface area contributed by atoms with Gasteiger partial charge in [0.05, 0.1) is 12.8 Å². The van der Waals surface area contributed by atoms with Gasteiger partial charge in [-0.1, -0.05) is 28.9 Å². The lowest BCUT2D eigenvalue weighted by Crippen LogP contribution is -2.31. The van der Waals surface area contributed by atoms with Gasteiger partial charge in [-0.25, -0.2) is 4.39 Å². The fourth-order valence-electron chi connectivity index (χ4n) is 4.24. The lowest BCUT2D eigenvalue weighted by Gasteiger charge is -2.27. The molecule has 2 heterocycles. The maximum Gasteiger partial charge on any atom is 0.123 e. The molecule has 0 radical (unpaired) electrons. The Labute approximate surface area is 181 Å². The van der Waals surface area contributed by atoms with Crippen LogP contribution in [-0.2, 0) is 6.42 Å². The van der Waals surface area contributed by atoms with Gasteiger partial charge in [0, 0.05) is 30.2 Å². The van der Waals surface area contributed by atoms with Crippen LogP contribution in [0.25, 0.3) is 10.9 Å². The van der Waals surface area contributed by atoms with Gasteiger partial charge in [-0.05, 0) is 73.7 Å². The molecule has 4 rings (SSSR count). The number of ether oxygens (including phenoxy) is 1. The third-order valence-electron chi connectivity index (χ3n) is 5.88. The lowest BCUT2D eigenvalue weighted by molar-refractivity contribution is 0.285. The highest BCUT2D eigenvalue weighted by Crippen LogP contribution is 2.26. The van der Waals surface area contributed by atoms with E-state index >= 15 is 0 Å². The van der Waals surface area contributed by atoms with E-state index in [0.717, 1.165) is 55.7 Å². The van der Waals surface area contributed by atoms with Gasteiger partial charge in [0.15, 0.2) is 0 Å². The highest BCUT2D eigenvalue weighted by atomic mass is 19.1. The second kappa shape index (κ2) is 9.79. The Hall–Kier alpha value is -3.12. The van der Waals surface area contributed by atoms with Crippen LogP contribution in [0.2, 0.25) is 0 Å². The van der Waals surface area contributed by atoms with Crippen molar-refractivity contribution in [2.75, 3.05) is 26.7 Å². The number of oxime groups is 1. The van der Waals surface area contributed by atoms with Crippen molar-refractivity contribution in [1.29, 1.82) is 0 Å². The average Bonchev–Trinajstić information content (AvgIpc) is 3.19. The maximum atomic E-state index is 13.1. The summed E-state index contributed by atoms with van der Waals surface area (Å²) < 4.78 is 18.5. The Morgan fingerprint density at radius 3 is 2.84 bits per heavy atom. The van der Waals surface area contributed by atoms with Gasteiger partial charge in [0.2, 0.25) is 0 Å². The number of methoxy groups -OCH3 is 1. The summed E-state index contributed by atoms with van der Waals surface area (Å²) in [4.78, 5) is 5.80. The molecular formula is C25H28FN3O2. The van der Waals surface area contributed by atoms with Crippen LogP contribution in [-0.4, -0.2) is 47.5 Å². The number of hydrogen-bond acceptors (Lipinski definition) is 4. The van der Waals surface area contributed by atoms with E-state index < -0.39 is 0 Å². The van der Waals surface area contributed by atoms with Crippen molar-refractivity contribution in [2.45, 2.75) is 25.7 Å². The number of aromatic amines is 1. The number of nitrogens with zero attached hydrogens (tertiary/aromatic N) is 2. The van der Waals surface area contributed by atoms with Crippen LogP contribution in [0.15, 0.2) is 65.5 Å². The molecule has 2 aromatic carbocycles. The Bertz CT molecular complexity index is 1090. The summed E-state index contributed by atoms with van der Waals surface area (Å²) in [6.07, 6.45) is 7.95. The summed E-state index contributed by atoms with van der Waals surface area (Å²) in [6.45, 7) is 2.91. The van der Waals surface area contributed by atoms with E-state index in [1.165, 1.54) is 28.7 Å². The molecule has 0 aliphatic carbocycles. The minimum absolute atomic E-state index is 0.290. The predicted molar refractivity (Wildman–Crippen MR) is 122 cm³/mol. The number of nitrogens with one attached hydrogen (secondary N) is 1. The zero-order chi connectivity index (χ0) is 21.6. The molecule has 0 saturated heterocycles. The number of hydrogen-bond donors (Lipinski definition) is 2. The van der Waals surface area contributed by atoms with Gasteiger partial charge in [-0.2, -0.15) is 0 Å². The third-order valence-corrected chi connectivity index (χ3v) is 5.88. The largest absolute Gasteiger partial charge is 0.497 e. The van der Waals surface area contributed by atoms with Gasteiger partial charge in [0.25, 0.3) is 0 Å². The fourth-order valence-corrected chi connectivity index (χ4v) is 4.24. The van der Waals surface area contributed by atoms with Gasteiger partial charge in [0.1, 0.15) is 11.6 Å². The molecular weight excluding hydrogens is 393 g/mol. The van der Waals surface area contributed by atoms with Crippen LogP contribution in [0, 0.1) is 5.82 Å². The van der Waals surface area contributed by atoms with Crippen LogP contribution < -0.4 is 4.74 Å². The number of aromatic nitrogens is 1. The number of fused-ring (bicyclic) bond motifs is 1. The van der Waals surface area contributed by atoms with E-state index in [2.05, 4.69) is 39.4 Å². The second-order valence-corrected chi connectivity index (χ2v) is 7.99. The van der Waals surface area contributed by atoms with E-state index in [4.69, 9.17) is 4.74 Å². The number of benzene rings is 2. The van der Waals surface area contributed by atoms with Gasteiger partial charge >= 0.3 is 0 Å². The Morgan fingerprint density at radius 1 is 1.23 bits per heavy atom. The molecule has 6 heteroatoms. The first-order chi connectivity index (χ1) is 15.2. The average molecular weight is 422 g/mol. The highest BCUT2D eigenvalue weighted by molar-refractivity contribution is 6.00. The first-order valence-corrected chi connectivity index (χ1v) is 10.7. The van der Waals surface area contributed by atoms with Crippen molar-refractivity contribution in [1.82, 2.24) is 9.88 Å². The molecule has 1 aromatic heterocycles. The van der Waals surface area contributed by atoms with Crippen LogP contribution in [0.4, 0.5) is 4.39 Å². The molecule has 0 saturated carbocycles. The zero-order valence-corrected chi connectivity index (χ0v) is 17.8. The number of H-pyrrole nitrogens is 1. The predicted octanol–water partition coefficient (Wildman–Crippen LogP) is 5.15. The molecule has 0 unspecified atom stereocenters. The van der Waals surface area contributed by atoms with Crippen LogP contribution in [0.3, 0.4) is 0 Å². The Balaban J connectivity index is 1.32. The molecule has 0 atom stereocenters. The maximum absolute atomic E-state index is 13.1. The normalized spacial score (nSPS) is 15.3. The van der Waals surface area contributed by atoms with Gasteiger partial charge in [-0.3, -0.25) is 4.90 Å². The minimum Gasteiger partial charge on any atom is -0.497 e. The summed E-state index contributed by atoms with van der Waals surface area (Å²) in [5.74, 6) is 0.581. The number of rotatable bonds is 8. The van der Waals surface area contributed by atoms with Gasteiger partial charge < -0.3 is 14.9 Å². The van der Waals surface area contributed by atoms with Crippen LogP contribution in [0.1, 0.15) is 30.4 Å². The third kappa shape index (κ3) is 5.14. The zero-order valence-electron chi connectivity index (χ0n) is 17.8. The molecule has 0 spiro atoms. The summed E-state index contributed by atoms with van der Waals surface area (Å²) in [5.41, 5.74) is 5.19. The molecule has 0 amide bonds. The molecule has 31 heavy (non-hydrogen) atoms. The molecule has 1 aliphatic heterocycles. The van der Waals surface area contributed by atoms with E-state index in [1.807, 2.05) is 6.07 Å². The van der Waals surface area contributed by atoms with E-state index in [9.17, 15) is 9.60 Å². The molecule has 3 aromatic rings. The second-order valence-electron chi connectivity index (χ2n) is 7.99. The number of halogens is 1. The van der Waals surface area contributed by atoms with E-state index in [-0.39, 0.29) is 5.82 Å². The summed E-state index contributed by atoms with van der Waals surface area (Å²) in [6, 6.07) is 12.2. The van der Waals surface area contributed by atoms with Crippen molar-refractivity contribution in [2.24, 2.45) is 5.16 Å². The van der Waals surface area contributed by atoms with Crippen molar-refractivity contribution < 1.29 is 14.3 Å². The van der Waals surface area contributed by atoms with E-state index in [0.29, 0.717) is 12.1 Å². The SMILES string of the molecule is COc1ccc2[nH]cc(CC3=CCCN(CCCC(=NO)c4ccc(F)cc4)C3)c2c1. The fraction of sp³-hybridized carbons (Fsp3) is 0.320. The summed E-state index contributed by atoms with van der Waals surface area (Å²) in [5, 5.41) is 14.0. The highest BCUT2D eigenvalue weighted by Gasteiger charge is 2.15. The van der Waals surface area contributed by atoms with Crippen molar-refractivity contribution in [3.8, 4) is 5.75 Å². The molecule has 1 aliphatic rings. The van der Waals surface area contributed by atoms with Crippen LogP contribution in [0.5, 0.6) is 5.75 Å². The molecule has 5 nitrogen and oxygen atoms in total. The van der Waals surface area contributed by atoms with Crippen molar-refractivity contribution in [3.63, 3.8) is 0 Å². The molecule has 0 fully saturated rings. The standard InChI is InChI=1S/C25H28FN3O2/c1-31-22-10-11-25-23(15-22)20(16-27-25)14-18-4-2-12-29(17-18)13-3-5-24(28-30)19-6-8-21(26)9-7-19/h4,6-11,15-16,27,30H,2-3,5,12-14,17H2,1H3. The lowest BCUT2D eigenvalue weighted by atomic mass is 10.00. The first kappa shape index (κ1) is 21.1. The summed E-state index contributed by atoms with van der Waals surface area (Å²) >= 11 is 0. The smallest absolute Gasteiger partial charge is 0.123 e. The topological polar surface area (TPSA) is 60.8 Å². The first-order valence-electron chi connectivity index (χ1n) is 10.7. The Morgan fingerprint density at radius 2 is 2.06 bits per heavy atom. The molecule has 2 N–H and O–H groups in total. The monoisotopic (exact) mass is 421 g/mol. The van der Waals surface area contributed by atoms with Crippen molar-refractivity contribution >= 4 is 16.6 Å². The summed E-state index contributed by atoms with van der Waals surface area (Å²) in [7, 11) is 1.69. The van der Waals surface area contributed by atoms with E-state index in [1.54, 1.807) is 19.2 Å². The molecule has 162 valence electrons. The van der Waals surface area contributed by atoms with Crippen LogP contribution >= 0.6 is 0 Å². The van der Waals surface area contributed by atoms with Gasteiger partial charge in [-0.15, -0.1) is 0 Å². The molecule has 0 bridgehead atoms. The quantitative estimate of drug-likeness (QED) is 0.229. The van der Waals surface area contributed by atoms with Crippen molar-refractivity contribution in [3.05, 3.63) is 77.3 Å².